The smallest absolute Gasteiger partial charge is 0.253 e. The molecule has 3 rings (SSSR count). The number of nitrogens with zero attached hydrogens (tertiary/aromatic N) is 3. The molecule has 1 aliphatic heterocycles. The molecule has 1 aromatic carbocycles. The molecule has 1 aliphatic rings. The summed E-state index contributed by atoms with van der Waals surface area (Å²) in [6, 6.07) is 7.72. The molecule has 2 aromatic rings. The summed E-state index contributed by atoms with van der Waals surface area (Å²) in [7, 11) is -3.67. The van der Waals surface area contributed by atoms with Gasteiger partial charge in [-0.3, -0.25) is 4.79 Å². The number of hydrogen-bond donors (Lipinski definition) is 0. The minimum absolute atomic E-state index is 0.0589. The highest BCUT2D eigenvalue weighted by Crippen LogP contribution is 2.24. The lowest BCUT2D eigenvalue weighted by Crippen LogP contribution is -2.50. The number of piperazine rings is 1. The Morgan fingerprint density at radius 2 is 1.75 bits per heavy atom. The van der Waals surface area contributed by atoms with Crippen LogP contribution in [0.1, 0.15) is 47.1 Å². The molecule has 8 heteroatoms. The van der Waals surface area contributed by atoms with E-state index in [1.54, 1.807) is 18.7 Å². The Bertz CT molecular complexity index is 907. The first kappa shape index (κ1) is 20.5. The Labute approximate surface area is 166 Å². The molecule has 1 amide bonds. The first-order chi connectivity index (χ1) is 13.3. The van der Waals surface area contributed by atoms with Crippen molar-refractivity contribution in [3.8, 4) is 0 Å². The van der Waals surface area contributed by atoms with E-state index in [9.17, 15) is 13.2 Å². The summed E-state index contributed by atoms with van der Waals surface area (Å²) in [5.41, 5.74) is 2.23. The third-order valence-electron chi connectivity index (χ3n) is 5.11. The summed E-state index contributed by atoms with van der Waals surface area (Å²) in [6.45, 7) is 6.60. The fourth-order valence-electron chi connectivity index (χ4n) is 3.48. The van der Waals surface area contributed by atoms with Crippen LogP contribution in [0, 0.1) is 13.8 Å². The Kier molecular flexibility index (Phi) is 6.20. The Hall–Kier alpha value is -2.19. The number of amides is 1. The quantitative estimate of drug-likeness (QED) is 0.738. The summed E-state index contributed by atoms with van der Waals surface area (Å²) >= 11 is 0. The molecule has 0 atom stereocenters. The van der Waals surface area contributed by atoms with E-state index >= 15 is 0 Å². The zero-order valence-corrected chi connectivity index (χ0v) is 17.5. The van der Waals surface area contributed by atoms with Crippen LogP contribution in [0.25, 0.3) is 0 Å². The zero-order valence-electron chi connectivity index (χ0n) is 16.6. The van der Waals surface area contributed by atoms with Crippen molar-refractivity contribution < 1.29 is 17.7 Å². The van der Waals surface area contributed by atoms with Crippen molar-refractivity contribution in [3.63, 3.8) is 0 Å². The van der Waals surface area contributed by atoms with Gasteiger partial charge in [0.15, 0.2) is 5.76 Å². The molecule has 0 bridgehead atoms. The van der Waals surface area contributed by atoms with E-state index in [1.807, 2.05) is 24.3 Å². The molecule has 1 aromatic heterocycles. The predicted molar refractivity (Wildman–Crippen MR) is 106 cm³/mol. The van der Waals surface area contributed by atoms with Gasteiger partial charge in [-0.2, -0.15) is 4.31 Å². The molecular formula is C20H27N3O4S. The van der Waals surface area contributed by atoms with Crippen LogP contribution < -0.4 is 0 Å². The zero-order chi connectivity index (χ0) is 20.3. The van der Waals surface area contributed by atoms with E-state index in [2.05, 4.69) is 12.1 Å². The Morgan fingerprint density at radius 3 is 2.29 bits per heavy atom. The van der Waals surface area contributed by atoms with E-state index < -0.39 is 10.0 Å². The molecule has 0 radical (unpaired) electrons. The molecule has 0 N–H and O–H groups in total. The van der Waals surface area contributed by atoms with Gasteiger partial charge in [-0.15, -0.1) is 0 Å². The molecule has 0 aliphatic carbocycles. The lowest BCUT2D eigenvalue weighted by Gasteiger charge is -2.34. The normalized spacial score (nSPS) is 15.8. The first-order valence-electron chi connectivity index (χ1n) is 9.66. The lowest BCUT2D eigenvalue weighted by molar-refractivity contribution is 0.0698. The standard InChI is InChI=1S/C20H27N3O4S/c1-4-5-6-17-7-9-18(10-8-17)20(24)22-11-13-23(14-12-22)28(25,26)19-15(2)21-27-16(19)3/h7-10H,4-6,11-14H2,1-3H3. The van der Waals surface area contributed by atoms with Crippen molar-refractivity contribution in [2.24, 2.45) is 0 Å². The number of carbonyl (C=O) groups excluding carboxylic acids is 1. The third kappa shape index (κ3) is 4.12. The summed E-state index contributed by atoms with van der Waals surface area (Å²) in [4.78, 5) is 14.6. The van der Waals surface area contributed by atoms with Gasteiger partial charge in [-0.25, -0.2) is 8.42 Å². The highest BCUT2D eigenvalue weighted by atomic mass is 32.2. The average Bonchev–Trinajstić information content (AvgIpc) is 3.05. The number of aromatic nitrogens is 1. The predicted octanol–water partition coefficient (Wildman–Crippen LogP) is 2.78. The second-order valence-electron chi connectivity index (χ2n) is 7.15. The molecule has 1 saturated heterocycles. The van der Waals surface area contributed by atoms with Gasteiger partial charge in [0.2, 0.25) is 10.0 Å². The fourth-order valence-corrected chi connectivity index (χ4v) is 5.19. The molecule has 0 spiro atoms. The SMILES string of the molecule is CCCCc1ccc(C(=O)N2CCN(S(=O)(=O)c3c(C)noc3C)CC2)cc1. The first-order valence-corrected chi connectivity index (χ1v) is 11.1. The third-order valence-corrected chi connectivity index (χ3v) is 7.26. The molecule has 1 fully saturated rings. The van der Waals surface area contributed by atoms with Crippen molar-refractivity contribution >= 4 is 15.9 Å². The highest BCUT2D eigenvalue weighted by molar-refractivity contribution is 7.89. The molecule has 0 saturated carbocycles. The minimum atomic E-state index is -3.67. The van der Waals surface area contributed by atoms with Crippen LogP contribution in [-0.4, -0.2) is 54.9 Å². The molecule has 0 unspecified atom stereocenters. The monoisotopic (exact) mass is 405 g/mol. The minimum Gasteiger partial charge on any atom is -0.360 e. The van der Waals surface area contributed by atoms with Gasteiger partial charge < -0.3 is 9.42 Å². The van der Waals surface area contributed by atoms with E-state index in [0.717, 1.165) is 19.3 Å². The fraction of sp³-hybridized carbons (Fsp3) is 0.500. The summed E-state index contributed by atoms with van der Waals surface area (Å²) in [5, 5.41) is 3.74. The maximum absolute atomic E-state index is 12.9. The molecular weight excluding hydrogens is 378 g/mol. The largest absolute Gasteiger partial charge is 0.360 e. The number of benzene rings is 1. The second-order valence-corrected chi connectivity index (χ2v) is 9.02. The summed E-state index contributed by atoms with van der Waals surface area (Å²) in [6.07, 6.45) is 3.29. The van der Waals surface area contributed by atoms with Crippen LogP contribution in [0.15, 0.2) is 33.7 Å². The van der Waals surface area contributed by atoms with Crippen LogP contribution in [-0.2, 0) is 16.4 Å². The Balaban J connectivity index is 1.64. The van der Waals surface area contributed by atoms with E-state index in [0.29, 0.717) is 30.1 Å². The summed E-state index contributed by atoms with van der Waals surface area (Å²) < 4.78 is 32.2. The van der Waals surface area contributed by atoms with Crippen LogP contribution in [0.2, 0.25) is 0 Å². The lowest BCUT2D eigenvalue weighted by atomic mass is 10.1. The van der Waals surface area contributed by atoms with E-state index in [1.165, 1.54) is 9.87 Å². The molecule has 28 heavy (non-hydrogen) atoms. The van der Waals surface area contributed by atoms with Crippen molar-refractivity contribution in [2.75, 3.05) is 26.2 Å². The number of rotatable bonds is 6. The van der Waals surface area contributed by atoms with Crippen molar-refractivity contribution in [1.82, 2.24) is 14.4 Å². The summed E-state index contributed by atoms with van der Waals surface area (Å²) in [5.74, 6) is 0.232. The van der Waals surface area contributed by atoms with Gasteiger partial charge in [0.25, 0.3) is 5.91 Å². The van der Waals surface area contributed by atoms with Crippen molar-refractivity contribution in [3.05, 3.63) is 46.8 Å². The van der Waals surface area contributed by atoms with Gasteiger partial charge in [-0.1, -0.05) is 30.6 Å². The van der Waals surface area contributed by atoms with Crippen LogP contribution in [0.5, 0.6) is 0 Å². The van der Waals surface area contributed by atoms with Gasteiger partial charge >= 0.3 is 0 Å². The maximum Gasteiger partial charge on any atom is 0.253 e. The van der Waals surface area contributed by atoms with Crippen LogP contribution in [0.3, 0.4) is 0 Å². The van der Waals surface area contributed by atoms with E-state index in [-0.39, 0.29) is 23.9 Å². The van der Waals surface area contributed by atoms with E-state index in [4.69, 9.17) is 4.52 Å². The highest BCUT2D eigenvalue weighted by Gasteiger charge is 2.34. The van der Waals surface area contributed by atoms with Crippen LogP contribution in [0.4, 0.5) is 0 Å². The van der Waals surface area contributed by atoms with Crippen molar-refractivity contribution in [1.29, 1.82) is 0 Å². The number of hydrogen-bond acceptors (Lipinski definition) is 5. The van der Waals surface area contributed by atoms with Crippen LogP contribution >= 0.6 is 0 Å². The number of aryl methyl sites for hydroxylation is 3. The molecule has 7 nitrogen and oxygen atoms in total. The van der Waals surface area contributed by atoms with Gasteiger partial charge in [0.1, 0.15) is 10.6 Å². The topological polar surface area (TPSA) is 83.7 Å². The number of carbonyl (C=O) groups is 1. The second kappa shape index (κ2) is 8.45. The Morgan fingerprint density at radius 1 is 1.11 bits per heavy atom. The number of sulfonamides is 1. The average molecular weight is 406 g/mol. The van der Waals surface area contributed by atoms with Crippen molar-refractivity contribution in [2.45, 2.75) is 44.9 Å². The number of unbranched alkanes of at least 4 members (excludes halogenated alkanes) is 1. The van der Waals surface area contributed by atoms with Gasteiger partial charge in [0.05, 0.1) is 0 Å². The molecule has 152 valence electrons. The maximum atomic E-state index is 12.9. The van der Waals surface area contributed by atoms with Gasteiger partial charge in [0, 0.05) is 31.7 Å². The molecule has 2 heterocycles. The van der Waals surface area contributed by atoms with Gasteiger partial charge in [-0.05, 0) is 44.4 Å².